The lowest BCUT2D eigenvalue weighted by atomic mass is 10.1. The van der Waals surface area contributed by atoms with Crippen LogP contribution in [0.4, 0.5) is 5.69 Å². The number of para-hydroxylation sites is 1. The Labute approximate surface area is 205 Å². The molecule has 3 rings (SSSR count). The summed E-state index contributed by atoms with van der Waals surface area (Å²) in [5.74, 6) is -1.41. The van der Waals surface area contributed by atoms with Crippen LogP contribution in [0, 0.1) is 11.3 Å². The summed E-state index contributed by atoms with van der Waals surface area (Å²) in [5, 5.41) is 22.0. The Bertz CT molecular complexity index is 1310. The van der Waals surface area contributed by atoms with Crippen LogP contribution in [0.25, 0.3) is 6.08 Å². The summed E-state index contributed by atoms with van der Waals surface area (Å²) in [6, 6.07) is 18.0. The minimum atomic E-state index is -1.21. The highest BCUT2D eigenvalue weighted by Gasteiger charge is 2.17. The Morgan fingerprint density at radius 1 is 1.09 bits per heavy atom. The van der Waals surface area contributed by atoms with Crippen LogP contribution in [0.2, 0.25) is 10.0 Å². The summed E-state index contributed by atoms with van der Waals surface area (Å²) in [5.41, 5.74) is 0.877. The number of hydrogen-bond donors (Lipinski definition) is 2. The number of anilines is 1. The number of hydrogen-bond acceptors (Lipinski definition) is 5. The van der Waals surface area contributed by atoms with Crippen molar-refractivity contribution in [3.05, 3.63) is 93.0 Å². The Balaban J connectivity index is 1.85. The number of carbonyl (C=O) groups excluding carboxylic acids is 1. The number of aromatic carboxylic acids is 1. The van der Waals surface area contributed by atoms with Gasteiger partial charge < -0.3 is 19.9 Å². The van der Waals surface area contributed by atoms with E-state index in [1.807, 2.05) is 24.3 Å². The predicted molar refractivity (Wildman–Crippen MR) is 129 cm³/mol. The predicted octanol–water partition coefficient (Wildman–Crippen LogP) is 5.82. The summed E-state index contributed by atoms with van der Waals surface area (Å²) in [6.07, 6.45) is 1.31. The van der Waals surface area contributed by atoms with Crippen LogP contribution in [-0.4, -0.2) is 24.1 Å². The molecule has 0 spiro atoms. The van der Waals surface area contributed by atoms with Gasteiger partial charge in [-0.25, -0.2) is 4.79 Å². The van der Waals surface area contributed by atoms with E-state index in [9.17, 15) is 20.0 Å². The normalized spacial score (nSPS) is 10.8. The van der Waals surface area contributed by atoms with Crippen LogP contribution in [0.15, 0.2) is 66.2 Å². The van der Waals surface area contributed by atoms with E-state index < -0.39 is 11.9 Å². The molecule has 9 heteroatoms. The number of nitrogens with zero attached hydrogens (tertiary/aromatic N) is 1. The first-order valence-corrected chi connectivity index (χ1v) is 10.6. The lowest BCUT2D eigenvalue weighted by Gasteiger charge is -2.14. The van der Waals surface area contributed by atoms with E-state index in [1.54, 1.807) is 18.2 Å². The SMILES string of the molecule is COc1cc(/C=C(\C#N)C(=O)Nc2ccccc2C(=O)O)cc(Cl)c1OCc1ccccc1Cl. The van der Waals surface area contributed by atoms with Gasteiger partial charge in [0.05, 0.1) is 23.4 Å². The van der Waals surface area contributed by atoms with E-state index >= 15 is 0 Å². The van der Waals surface area contributed by atoms with E-state index in [0.717, 1.165) is 5.56 Å². The topological polar surface area (TPSA) is 109 Å². The Morgan fingerprint density at radius 2 is 1.79 bits per heavy atom. The third kappa shape index (κ3) is 5.87. The number of halogens is 2. The zero-order valence-electron chi connectivity index (χ0n) is 17.8. The van der Waals surface area contributed by atoms with Gasteiger partial charge in [-0.1, -0.05) is 53.5 Å². The quantitative estimate of drug-likeness (QED) is 0.300. The van der Waals surface area contributed by atoms with Gasteiger partial charge in [-0.2, -0.15) is 5.26 Å². The molecule has 2 N–H and O–H groups in total. The first kappa shape index (κ1) is 24.6. The maximum absolute atomic E-state index is 12.6. The van der Waals surface area contributed by atoms with Gasteiger partial charge in [-0.15, -0.1) is 0 Å². The van der Waals surface area contributed by atoms with Gasteiger partial charge in [0.2, 0.25) is 0 Å². The second-order valence-electron chi connectivity index (χ2n) is 6.89. The van der Waals surface area contributed by atoms with Crippen molar-refractivity contribution >= 4 is 46.8 Å². The molecule has 0 aromatic heterocycles. The van der Waals surface area contributed by atoms with Crippen LogP contribution in [0.5, 0.6) is 11.5 Å². The van der Waals surface area contributed by atoms with Gasteiger partial charge in [-0.05, 0) is 42.0 Å². The highest BCUT2D eigenvalue weighted by molar-refractivity contribution is 6.32. The van der Waals surface area contributed by atoms with Crippen LogP contribution in [-0.2, 0) is 11.4 Å². The van der Waals surface area contributed by atoms with Crippen LogP contribution in [0.1, 0.15) is 21.5 Å². The molecule has 0 aliphatic rings. The highest BCUT2D eigenvalue weighted by Crippen LogP contribution is 2.38. The molecule has 0 unspecified atom stereocenters. The van der Waals surface area contributed by atoms with Gasteiger partial charge in [-0.3, -0.25) is 4.79 Å². The standard InChI is InChI=1S/C25H18Cl2N2O5/c1-33-22-12-15(11-20(27)23(22)34-14-16-6-2-4-8-19(16)26)10-17(13-28)24(30)29-21-9-5-3-7-18(21)25(31)32/h2-12H,14H2,1H3,(H,29,30)(H,31,32)/b17-10+. The summed E-state index contributed by atoms with van der Waals surface area (Å²) in [4.78, 5) is 24.0. The van der Waals surface area contributed by atoms with E-state index in [4.69, 9.17) is 32.7 Å². The number of carboxylic acids is 1. The van der Waals surface area contributed by atoms with E-state index in [1.165, 1.54) is 37.5 Å². The van der Waals surface area contributed by atoms with Crippen LogP contribution < -0.4 is 14.8 Å². The zero-order chi connectivity index (χ0) is 24.7. The van der Waals surface area contributed by atoms with Crippen LogP contribution in [0.3, 0.4) is 0 Å². The summed E-state index contributed by atoms with van der Waals surface area (Å²) in [7, 11) is 1.43. The van der Waals surface area contributed by atoms with E-state index in [0.29, 0.717) is 16.3 Å². The molecular weight excluding hydrogens is 479 g/mol. The van der Waals surface area contributed by atoms with Crippen molar-refractivity contribution in [2.75, 3.05) is 12.4 Å². The largest absolute Gasteiger partial charge is 0.493 e. The van der Waals surface area contributed by atoms with Crippen molar-refractivity contribution < 1.29 is 24.2 Å². The number of rotatable bonds is 8. The molecule has 1 amide bonds. The minimum absolute atomic E-state index is 0.0695. The van der Waals surface area contributed by atoms with Gasteiger partial charge in [0, 0.05) is 10.6 Å². The number of nitrogens with one attached hydrogen (secondary N) is 1. The van der Waals surface area contributed by atoms with Gasteiger partial charge in [0.25, 0.3) is 5.91 Å². The number of ether oxygens (including phenoxy) is 2. The fraction of sp³-hybridized carbons (Fsp3) is 0.0800. The number of amides is 1. The molecule has 0 saturated carbocycles. The van der Waals surface area contributed by atoms with Gasteiger partial charge >= 0.3 is 5.97 Å². The lowest BCUT2D eigenvalue weighted by molar-refractivity contribution is -0.112. The highest BCUT2D eigenvalue weighted by atomic mass is 35.5. The third-order valence-corrected chi connectivity index (χ3v) is 5.31. The second kappa shape index (κ2) is 11.2. The van der Waals surface area contributed by atoms with Crippen molar-refractivity contribution in [1.82, 2.24) is 0 Å². The summed E-state index contributed by atoms with van der Waals surface area (Å²) in [6.45, 7) is 0.153. The smallest absolute Gasteiger partial charge is 0.337 e. The van der Waals surface area contributed by atoms with Gasteiger partial charge in [0.1, 0.15) is 18.2 Å². The molecular formula is C25H18Cl2N2O5. The molecule has 0 heterocycles. The first-order chi connectivity index (χ1) is 16.3. The Hall–Kier alpha value is -3.99. The van der Waals surface area contributed by atoms with Crippen molar-refractivity contribution in [3.63, 3.8) is 0 Å². The third-order valence-electron chi connectivity index (χ3n) is 4.66. The monoisotopic (exact) mass is 496 g/mol. The molecule has 0 aliphatic carbocycles. The number of nitriles is 1. The summed E-state index contributed by atoms with van der Waals surface area (Å²) < 4.78 is 11.2. The van der Waals surface area contributed by atoms with E-state index in [2.05, 4.69) is 5.32 Å². The Morgan fingerprint density at radius 3 is 2.47 bits per heavy atom. The first-order valence-electron chi connectivity index (χ1n) is 9.83. The molecule has 0 atom stereocenters. The van der Waals surface area contributed by atoms with Crippen molar-refractivity contribution in [1.29, 1.82) is 5.26 Å². The average Bonchev–Trinajstić information content (AvgIpc) is 2.82. The van der Waals surface area contributed by atoms with Crippen molar-refractivity contribution in [2.45, 2.75) is 6.61 Å². The number of carbonyl (C=O) groups is 2. The maximum Gasteiger partial charge on any atom is 0.337 e. The van der Waals surface area contributed by atoms with Crippen molar-refractivity contribution in [3.8, 4) is 17.6 Å². The molecule has 3 aromatic rings. The number of methoxy groups -OCH3 is 1. The van der Waals surface area contributed by atoms with Crippen LogP contribution >= 0.6 is 23.2 Å². The second-order valence-corrected chi connectivity index (χ2v) is 7.70. The zero-order valence-corrected chi connectivity index (χ0v) is 19.4. The van der Waals surface area contributed by atoms with Crippen molar-refractivity contribution in [2.24, 2.45) is 0 Å². The maximum atomic E-state index is 12.6. The Kier molecular flexibility index (Phi) is 8.14. The molecule has 172 valence electrons. The summed E-state index contributed by atoms with van der Waals surface area (Å²) >= 11 is 12.6. The molecule has 7 nitrogen and oxygen atoms in total. The lowest BCUT2D eigenvalue weighted by Crippen LogP contribution is -2.16. The molecule has 0 radical (unpaired) electrons. The molecule has 0 saturated heterocycles. The molecule has 0 fully saturated rings. The fourth-order valence-electron chi connectivity index (χ4n) is 3.01. The number of carboxylic acid groups (broad SMARTS) is 1. The van der Waals surface area contributed by atoms with E-state index in [-0.39, 0.29) is 34.2 Å². The molecule has 0 bridgehead atoms. The number of benzene rings is 3. The molecule has 3 aromatic carbocycles. The average molecular weight is 497 g/mol. The fourth-order valence-corrected chi connectivity index (χ4v) is 3.48. The van der Waals surface area contributed by atoms with Gasteiger partial charge in [0.15, 0.2) is 11.5 Å². The molecule has 34 heavy (non-hydrogen) atoms. The minimum Gasteiger partial charge on any atom is -0.493 e. The molecule has 0 aliphatic heterocycles.